The third-order valence-corrected chi connectivity index (χ3v) is 7.13. The van der Waals surface area contributed by atoms with Crippen molar-refractivity contribution in [2.45, 2.75) is 30.8 Å². The van der Waals surface area contributed by atoms with Crippen molar-refractivity contribution >= 4 is 42.4 Å². The molecule has 2 aromatic carbocycles. The molecule has 1 amide bonds. The van der Waals surface area contributed by atoms with E-state index >= 15 is 0 Å². The van der Waals surface area contributed by atoms with E-state index < -0.39 is 9.84 Å². The van der Waals surface area contributed by atoms with Crippen molar-refractivity contribution in [1.29, 1.82) is 0 Å². The Morgan fingerprint density at radius 2 is 2.07 bits per heavy atom. The van der Waals surface area contributed by atoms with Gasteiger partial charge < -0.3 is 4.74 Å². The molecule has 2 heterocycles. The number of nitrogens with zero attached hydrogens (tertiary/aromatic N) is 2. The Hall–Kier alpha value is -2.29. The number of carbonyl (C=O) groups is 1. The van der Waals surface area contributed by atoms with E-state index in [-0.39, 0.29) is 22.5 Å². The van der Waals surface area contributed by atoms with Gasteiger partial charge in [-0.1, -0.05) is 29.5 Å². The van der Waals surface area contributed by atoms with Gasteiger partial charge in [0.25, 0.3) is 5.91 Å². The SMILES string of the molecule is Cc1ccc2nc(N(CC3CCCO3)C(=O)c3ccccc3S(C)(=O)=O)sc2c1. The van der Waals surface area contributed by atoms with Crippen molar-refractivity contribution in [2.75, 3.05) is 24.3 Å². The predicted octanol–water partition coefficient (Wildman–Crippen LogP) is 3.83. The maximum Gasteiger partial charge on any atom is 0.261 e. The summed E-state index contributed by atoms with van der Waals surface area (Å²) in [6, 6.07) is 12.3. The average molecular weight is 431 g/mol. The van der Waals surface area contributed by atoms with Crippen LogP contribution < -0.4 is 4.90 Å². The fraction of sp³-hybridized carbons (Fsp3) is 0.333. The Kier molecular flexibility index (Phi) is 5.42. The van der Waals surface area contributed by atoms with Crippen LogP contribution in [0.25, 0.3) is 10.2 Å². The molecule has 1 saturated heterocycles. The number of sulfone groups is 1. The molecular weight excluding hydrogens is 408 g/mol. The van der Waals surface area contributed by atoms with Crippen LogP contribution in [0.15, 0.2) is 47.4 Å². The van der Waals surface area contributed by atoms with Gasteiger partial charge in [0.05, 0.1) is 33.3 Å². The molecule has 29 heavy (non-hydrogen) atoms. The van der Waals surface area contributed by atoms with E-state index in [1.54, 1.807) is 23.1 Å². The molecule has 0 aliphatic carbocycles. The van der Waals surface area contributed by atoms with E-state index in [4.69, 9.17) is 4.74 Å². The zero-order valence-corrected chi connectivity index (χ0v) is 17.9. The molecule has 1 unspecified atom stereocenters. The number of rotatable bonds is 5. The lowest BCUT2D eigenvalue weighted by atomic mass is 10.1. The summed E-state index contributed by atoms with van der Waals surface area (Å²) in [7, 11) is -3.55. The minimum Gasteiger partial charge on any atom is -0.376 e. The summed E-state index contributed by atoms with van der Waals surface area (Å²) in [6.45, 7) is 3.03. The number of carbonyl (C=O) groups excluding carboxylic acids is 1. The number of benzene rings is 2. The van der Waals surface area contributed by atoms with E-state index in [1.807, 2.05) is 25.1 Å². The maximum absolute atomic E-state index is 13.5. The van der Waals surface area contributed by atoms with Gasteiger partial charge in [0.1, 0.15) is 0 Å². The summed E-state index contributed by atoms with van der Waals surface area (Å²) in [5.41, 5.74) is 2.09. The van der Waals surface area contributed by atoms with E-state index in [2.05, 4.69) is 4.98 Å². The fourth-order valence-electron chi connectivity index (χ4n) is 3.49. The topological polar surface area (TPSA) is 76.6 Å². The fourth-order valence-corrected chi connectivity index (χ4v) is 5.44. The normalized spacial score (nSPS) is 17.0. The lowest BCUT2D eigenvalue weighted by Crippen LogP contribution is -2.38. The lowest BCUT2D eigenvalue weighted by Gasteiger charge is -2.24. The highest BCUT2D eigenvalue weighted by Gasteiger charge is 2.29. The molecule has 3 aromatic rings. The number of hydrogen-bond acceptors (Lipinski definition) is 6. The number of anilines is 1. The van der Waals surface area contributed by atoms with Crippen molar-refractivity contribution in [1.82, 2.24) is 4.98 Å². The molecular formula is C21H22N2O4S2. The van der Waals surface area contributed by atoms with Crippen LogP contribution >= 0.6 is 11.3 Å². The van der Waals surface area contributed by atoms with Crippen molar-refractivity contribution in [2.24, 2.45) is 0 Å². The van der Waals surface area contributed by atoms with Gasteiger partial charge in [-0.25, -0.2) is 13.4 Å². The predicted molar refractivity (Wildman–Crippen MR) is 115 cm³/mol. The smallest absolute Gasteiger partial charge is 0.261 e. The van der Waals surface area contributed by atoms with Gasteiger partial charge in [-0.15, -0.1) is 0 Å². The molecule has 8 heteroatoms. The summed E-state index contributed by atoms with van der Waals surface area (Å²) in [5, 5.41) is 0.550. The van der Waals surface area contributed by atoms with Crippen LogP contribution in [0.3, 0.4) is 0 Å². The standard InChI is InChI=1S/C21H22N2O4S2/c1-14-9-10-17-18(12-14)28-21(22-17)23(13-15-6-5-11-27-15)20(24)16-7-3-4-8-19(16)29(2,25)26/h3-4,7-10,12,15H,5-6,11,13H2,1-2H3. The van der Waals surface area contributed by atoms with Gasteiger partial charge in [0.2, 0.25) is 0 Å². The third-order valence-electron chi connectivity index (χ3n) is 4.94. The van der Waals surface area contributed by atoms with Gasteiger partial charge in [-0.3, -0.25) is 9.69 Å². The van der Waals surface area contributed by atoms with Gasteiger partial charge in [-0.05, 0) is 49.6 Å². The van der Waals surface area contributed by atoms with Crippen LogP contribution in [0.2, 0.25) is 0 Å². The minimum atomic E-state index is -3.55. The van der Waals surface area contributed by atoms with Gasteiger partial charge >= 0.3 is 0 Å². The second-order valence-corrected chi connectivity index (χ2v) is 10.3. The second-order valence-electron chi connectivity index (χ2n) is 7.29. The molecule has 0 radical (unpaired) electrons. The van der Waals surface area contributed by atoms with Crippen molar-refractivity contribution in [3.8, 4) is 0 Å². The monoisotopic (exact) mass is 430 g/mol. The van der Waals surface area contributed by atoms with Gasteiger partial charge in [0, 0.05) is 12.9 Å². The molecule has 1 atom stereocenters. The van der Waals surface area contributed by atoms with Crippen LogP contribution in [0.5, 0.6) is 0 Å². The molecule has 4 rings (SSSR count). The molecule has 1 aliphatic heterocycles. The molecule has 0 bridgehead atoms. The number of aromatic nitrogens is 1. The Morgan fingerprint density at radius 3 is 2.79 bits per heavy atom. The van der Waals surface area contributed by atoms with E-state index in [0.717, 1.165) is 34.9 Å². The summed E-state index contributed by atoms with van der Waals surface area (Å²) in [6.07, 6.45) is 2.84. The molecule has 6 nitrogen and oxygen atoms in total. The van der Waals surface area contributed by atoms with E-state index in [0.29, 0.717) is 18.3 Å². The summed E-state index contributed by atoms with van der Waals surface area (Å²) in [5.74, 6) is -0.377. The molecule has 0 saturated carbocycles. The van der Waals surface area contributed by atoms with E-state index in [9.17, 15) is 13.2 Å². The molecule has 0 spiro atoms. The van der Waals surface area contributed by atoms with Gasteiger partial charge in [0.15, 0.2) is 15.0 Å². The highest BCUT2D eigenvalue weighted by Crippen LogP contribution is 2.32. The number of fused-ring (bicyclic) bond motifs is 1. The number of aryl methyl sites for hydroxylation is 1. The largest absolute Gasteiger partial charge is 0.376 e. The Bertz CT molecular complexity index is 1160. The van der Waals surface area contributed by atoms with Crippen LogP contribution in [-0.4, -0.2) is 44.8 Å². The lowest BCUT2D eigenvalue weighted by molar-refractivity contribution is 0.0915. The minimum absolute atomic E-state index is 0.0271. The zero-order valence-electron chi connectivity index (χ0n) is 16.3. The molecule has 1 aliphatic rings. The van der Waals surface area contributed by atoms with Crippen LogP contribution in [0.1, 0.15) is 28.8 Å². The van der Waals surface area contributed by atoms with Crippen molar-refractivity contribution < 1.29 is 17.9 Å². The first-order chi connectivity index (χ1) is 13.8. The highest BCUT2D eigenvalue weighted by atomic mass is 32.2. The highest BCUT2D eigenvalue weighted by molar-refractivity contribution is 7.90. The molecule has 0 N–H and O–H groups in total. The first-order valence-corrected chi connectivity index (χ1v) is 12.1. The first kappa shape index (κ1) is 20.0. The van der Waals surface area contributed by atoms with Crippen LogP contribution in [0, 0.1) is 6.92 Å². The summed E-state index contributed by atoms with van der Waals surface area (Å²) < 4.78 is 31.2. The van der Waals surface area contributed by atoms with Crippen LogP contribution in [-0.2, 0) is 14.6 Å². The van der Waals surface area contributed by atoms with Crippen LogP contribution in [0.4, 0.5) is 5.13 Å². The Labute approximate surface area is 174 Å². The number of amides is 1. The van der Waals surface area contributed by atoms with Crippen molar-refractivity contribution in [3.05, 3.63) is 53.6 Å². The maximum atomic E-state index is 13.5. The number of ether oxygens (including phenoxy) is 1. The molecule has 152 valence electrons. The quantitative estimate of drug-likeness (QED) is 0.615. The molecule has 1 aromatic heterocycles. The van der Waals surface area contributed by atoms with Crippen molar-refractivity contribution in [3.63, 3.8) is 0 Å². The number of thiazole rings is 1. The first-order valence-electron chi connectivity index (χ1n) is 9.42. The molecule has 1 fully saturated rings. The second kappa shape index (κ2) is 7.85. The number of hydrogen-bond donors (Lipinski definition) is 0. The Balaban J connectivity index is 1.79. The summed E-state index contributed by atoms with van der Waals surface area (Å²) in [4.78, 5) is 19.8. The zero-order chi connectivity index (χ0) is 20.6. The average Bonchev–Trinajstić information content (AvgIpc) is 3.34. The third kappa shape index (κ3) is 4.19. The Morgan fingerprint density at radius 1 is 1.28 bits per heavy atom. The van der Waals surface area contributed by atoms with Gasteiger partial charge in [-0.2, -0.15) is 0 Å². The summed E-state index contributed by atoms with van der Waals surface area (Å²) >= 11 is 1.43. The van der Waals surface area contributed by atoms with E-state index in [1.165, 1.54) is 17.4 Å².